The van der Waals surface area contributed by atoms with Crippen LogP contribution in [0, 0.1) is 5.92 Å². The zero-order chi connectivity index (χ0) is 24.8. The van der Waals surface area contributed by atoms with Crippen molar-refractivity contribution in [2.24, 2.45) is 5.92 Å². The normalized spacial score (nSPS) is 23.7. The summed E-state index contributed by atoms with van der Waals surface area (Å²) in [6, 6.07) is 10.9. The van der Waals surface area contributed by atoms with Crippen LogP contribution in [0.2, 0.25) is 0 Å². The van der Waals surface area contributed by atoms with Crippen molar-refractivity contribution in [2.45, 2.75) is 76.7 Å². The molecule has 1 aliphatic heterocycles. The van der Waals surface area contributed by atoms with Crippen LogP contribution in [0.3, 0.4) is 0 Å². The summed E-state index contributed by atoms with van der Waals surface area (Å²) in [6.45, 7) is 4.06. The fraction of sp³-hybridized carbons (Fsp3) is 0.464. The van der Waals surface area contributed by atoms with Crippen molar-refractivity contribution in [1.82, 2.24) is 0 Å². The number of hydrogen-bond acceptors (Lipinski definition) is 7. The van der Waals surface area contributed by atoms with Gasteiger partial charge in [-0.1, -0.05) is 18.9 Å². The van der Waals surface area contributed by atoms with Crippen LogP contribution in [0.25, 0.3) is 0 Å². The number of benzene rings is 2. The van der Waals surface area contributed by atoms with Crippen molar-refractivity contribution in [3.63, 3.8) is 0 Å². The van der Waals surface area contributed by atoms with Gasteiger partial charge in [-0.15, -0.1) is 0 Å². The Kier molecular flexibility index (Phi) is 5.82. The molecule has 0 amide bonds. The highest BCUT2D eigenvalue weighted by molar-refractivity contribution is 5.72. The van der Waals surface area contributed by atoms with E-state index >= 15 is 0 Å². The molecule has 3 aliphatic rings. The van der Waals surface area contributed by atoms with E-state index in [1.807, 2.05) is 18.2 Å². The van der Waals surface area contributed by atoms with Crippen molar-refractivity contribution < 1.29 is 33.3 Å². The topological polar surface area (TPSA) is 88.1 Å². The highest BCUT2D eigenvalue weighted by atomic mass is 16.6. The molecule has 5 rings (SSSR count). The number of carbonyl (C=O) groups is 3. The minimum atomic E-state index is -0.717. The Morgan fingerprint density at radius 3 is 2.00 bits per heavy atom. The highest BCUT2D eigenvalue weighted by Crippen LogP contribution is 2.65. The molecule has 0 bridgehead atoms. The average Bonchev–Trinajstić information content (AvgIpc) is 3.41. The lowest BCUT2D eigenvalue weighted by Crippen LogP contribution is -2.51. The molecule has 2 fully saturated rings. The third kappa shape index (κ3) is 3.97. The zero-order valence-corrected chi connectivity index (χ0v) is 20.3. The Morgan fingerprint density at radius 2 is 1.37 bits per heavy atom. The molecule has 2 aromatic carbocycles. The maximum Gasteiger partial charge on any atom is 0.308 e. The standard InChI is InChI=1S/C28H30O7/c1-17(29)32-20-9-11-23(24(15-20)34-19(3)31)28-14-6-7-26(28)27(12-4-5-13-27)22-10-8-21(33-18(2)30)16-25(22)35-28/h8-11,15-16,26H,4-7,12-14H2,1-3H3/t26-,28-/m0/s1. The van der Waals surface area contributed by atoms with Gasteiger partial charge in [0.15, 0.2) is 0 Å². The largest absolute Gasteiger partial charge is 0.482 e. The van der Waals surface area contributed by atoms with Crippen LogP contribution in [-0.4, -0.2) is 17.9 Å². The average molecular weight is 479 g/mol. The van der Waals surface area contributed by atoms with Gasteiger partial charge >= 0.3 is 17.9 Å². The molecular formula is C28H30O7. The Hall–Kier alpha value is -3.35. The first-order valence-corrected chi connectivity index (χ1v) is 12.3. The minimum Gasteiger partial charge on any atom is -0.482 e. The number of ether oxygens (including phenoxy) is 4. The fourth-order valence-corrected chi connectivity index (χ4v) is 6.75. The Morgan fingerprint density at radius 1 is 0.771 bits per heavy atom. The quantitative estimate of drug-likeness (QED) is 0.432. The van der Waals surface area contributed by atoms with Gasteiger partial charge in [0.2, 0.25) is 0 Å². The molecule has 2 atom stereocenters. The first kappa shape index (κ1) is 23.4. The van der Waals surface area contributed by atoms with E-state index in [1.165, 1.54) is 26.3 Å². The monoisotopic (exact) mass is 478 g/mol. The molecule has 0 radical (unpaired) electrons. The van der Waals surface area contributed by atoms with Crippen LogP contribution < -0.4 is 18.9 Å². The molecule has 0 saturated heterocycles. The SMILES string of the molecule is CC(=O)Oc1ccc2c(c1)O[C@]1(c3ccc(OC(C)=O)cc3OC(C)=O)CCC[C@H]1C21CCCC1. The van der Waals surface area contributed by atoms with Crippen molar-refractivity contribution >= 4 is 17.9 Å². The first-order chi connectivity index (χ1) is 16.7. The van der Waals surface area contributed by atoms with Gasteiger partial charge in [-0.25, -0.2) is 0 Å². The lowest BCUT2D eigenvalue weighted by molar-refractivity contribution is -0.133. The summed E-state index contributed by atoms with van der Waals surface area (Å²) < 4.78 is 23.2. The number of rotatable bonds is 4. The van der Waals surface area contributed by atoms with Crippen molar-refractivity contribution in [3.05, 3.63) is 47.5 Å². The first-order valence-electron chi connectivity index (χ1n) is 12.3. The number of esters is 3. The molecule has 0 N–H and O–H groups in total. The van der Waals surface area contributed by atoms with Crippen LogP contribution in [0.4, 0.5) is 0 Å². The number of fused-ring (bicyclic) bond motifs is 4. The van der Waals surface area contributed by atoms with Crippen LogP contribution in [0.15, 0.2) is 36.4 Å². The smallest absolute Gasteiger partial charge is 0.308 e. The van der Waals surface area contributed by atoms with Crippen LogP contribution >= 0.6 is 0 Å². The molecule has 0 unspecified atom stereocenters. The fourth-order valence-electron chi connectivity index (χ4n) is 6.75. The Bertz CT molecular complexity index is 1190. The second kappa shape index (κ2) is 8.70. The lowest BCUT2D eigenvalue weighted by Gasteiger charge is -2.51. The molecule has 1 spiro atoms. The molecule has 7 heteroatoms. The Labute approximate surface area is 204 Å². The molecule has 2 aliphatic carbocycles. The minimum absolute atomic E-state index is 0.0686. The number of carbonyl (C=O) groups excluding carboxylic acids is 3. The van der Waals surface area contributed by atoms with Gasteiger partial charge < -0.3 is 18.9 Å². The summed E-state index contributed by atoms with van der Waals surface area (Å²) in [5.74, 6) is 0.711. The summed E-state index contributed by atoms with van der Waals surface area (Å²) in [5, 5.41) is 0. The van der Waals surface area contributed by atoms with E-state index in [1.54, 1.807) is 12.1 Å². The van der Waals surface area contributed by atoms with E-state index in [-0.39, 0.29) is 17.3 Å². The third-order valence-electron chi connectivity index (χ3n) is 7.73. The van der Waals surface area contributed by atoms with E-state index in [0.29, 0.717) is 23.0 Å². The van der Waals surface area contributed by atoms with Gasteiger partial charge in [0.1, 0.15) is 28.6 Å². The van der Waals surface area contributed by atoms with Crippen LogP contribution in [0.1, 0.15) is 76.8 Å². The summed E-state index contributed by atoms with van der Waals surface area (Å²) in [6.07, 6.45) is 7.12. The van der Waals surface area contributed by atoms with Crippen molar-refractivity contribution in [1.29, 1.82) is 0 Å². The Balaban J connectivity index is 1.68. The molecule has 2 saturated carbocycles. The molecule has 2 aromatic rings. The van der Waals surface area contributed by atoms with E-state index in [2.05, 4.69) is 6.07 Å². The van der Waals surface area contributed by atoms with E-state index in [9.17, 15) is 14.4 Å². The predicted octanol–water partition coefficient (Wildman–Crippen LogP) is 5.36. The van der Waals surface area contributed by atoms with Gasteiger partial charge in [-0.05, 0) is 50.3 Å². The maximum absolute atomic E-state index is 12.0. The highest BCUT2D eigenvalue weighted by Gasteiger charge is 2.61. The summed E-state index contributed by atoms with van der Waals surface area (Å²) in [7, 11) is 0. The van der Waals surface area contributed by atoms with Crippen molar-refractivity contribution in [2.75, 3.05) is 0 Å². The van der Waals surface area contributed by atoms with Crippen LogP contribution in [0.5, 0.6) is 23.0 Å². The van der Waals surface area contributed by atoms with Gasteiger partial charge in [0.25, 0.3) is 0 Å². The summed E-state index contributed by atoms with van der Waals surface area (Å²) in [5.41, 5.74) is 1.16. The van der Waals surface area contributed by atoms with E-state index < -0.39 is 17.5 Å². The summed E-state index contributed by atoms with van der Waals surface area (Å²) >= 11 is 0. The van der Waals surface area contributed by atoms with Gasteiger partial charge in [-0.2, -0.15) is 0 Å². The third-order valence-corrected chi connectivity index (χ3v) is 7.73. The molecular weight excluding hydrogens is 448 g/mol. The van der Waals surface area contributed by atoms with E-state index in [0.717, 1.165) is 50.5 Å². The van der Waals surface area contributed by atoms with Crippen LogP contribution in [-0.2, 0) is 25.4 Å². The second-order valence-corrected chi connectivity index (χ2v) is 9.90. The predicted molar refractivity (Wildman–Crippen MR) is 127 cm³/mol. The summed E-state index contributed by atoms with van der Waals surface area (Å²) in [4.78, 5) is 35.2. The van der Waals surface area contributed by atoms with Gasteiger partial charge in [0.05, 0.1) is 0 Å². The molecule has 0 aromatic heterocycles. The van der Waals surface area contributed by atoms with Gasteiger partial charge in [-0.3, -0.25) is 14.4 Å². The number of hydrogen-bond donors (Lipinski definition) is 0. The zero-order valence-electron chi connectivity index (χ0n) is 20.3. The molecule has 35 heavy (non-hydrogen) atoms. The second-order valence-electron chi connectivity index (χ2n) is 9.90. The van der Waals surface area contributed by atoms with Crippen molar-refractivity contribution in [3.8, 4) is 23.0 Å². The molecule has 7 nitrogen and oxygen atoms in total. The molecule has 184 valence electrons. The van der Waals surface area contributed by atoms with E-state index in [4.69, 9.17) is 18.9 Å². The van der Waals surface area contributed by atoms with Gasteiger partial charge in [0, 0.05) is 55.4 Å². The molecule has 1 heterocycles. The lowest BCUT2D eigenvalue weighted by atomic mass is 9.60. The maximum atomic E-state index is 12.0.